The fourth-order valence-corrected chi connectivity index (χ4v) is 5.81. The Bertz CT molecular complexity index is 1090. The van der Waals surface area contributed by atoms with Gasteiger partial charge in [0.15, 0.2) is 0 Å². The van der Waals surface area contributed by atoms with Gasteiger partial charge in [-0.15, -0.1) is 22.7 Å². The van der Waals surface area contributed by atoms with E-state index in [4.69, 9.17) is 0 Å². The monoisotopic (exact) mass is 386 g/mol. The first-order valence-corrected chi connectivity index (χ1v) is 10.4. The molecule has 0 aliphatic carbocycles. The third-order valence-electron chi connectivity index (χ3n) is 3.90. The summed E-state index contributed by atoms with van der Waals surface area (Å²) in [7, 11) is 0. The summed E-state index contributed by atoms with van der Waals surface area (Å²) in [5, 5.41) is 0. The number of hydrogen-bond donors (Lipinski definition) is 0. The molecule has 1 aromatic carbocycles. The second-order valence-corrected chi connectivity index (χ2v) is 9.13. The smallest absolute Gasteiger partial charge is 0.116 e. The lowest BCUT2D eigenvalue weighted by molar-refractivity contribution is 1.54. The number of aryl methyl sites for hydroxylation is 2. The highest BCUT2D eigenvalue weighted by Gasteiger charge is 2.27. The minimum absolute atomic E-state index is 0.933. The Balaban J connectivity index is 1.92. The summed E-state index contributed by atoms with van der Waals surface area (Å²) < 4.78 is 18.4. The first-order valence-electron chi connectivity index (χ1n) is 7.26. The number of thiophene rings is 2. The van der Waals surface area contributed by atoms with Crippen LogP contribution in [0.5, 0.6) is 0 Å². The van der Waals surface area contributed by atoms with Crippen molar-refractivity contribution in [3.8, 4) is 20.9 Å². The van der Waals surface area contributed by atoms with Crippen molar-refractivity contribution in [3.63, 3.8) is 0 Å². The first-order chi connectivity index (χ1) is 11.7. The van der Waals surface area contributed by atoms with Crippen molar-refractivity contribution < 1.29 is 0 Å². The summed E-state index contributed by atoms with van der Waals surface area (Å²) >= 11 is 6.03. The quantitative estimate of drug-likeness (QED) is 0.348. The lowest BCUT2D eigenvalue weighted by Gasteiger charge is -2.09. The van der Waals surface area contributed by atoms with Gasteiger partial charge in [-0.05, 0) is 38.1 Å². The molecule has 0 radical (unpaired) electrons. The van der Waals surface area contributed by atoms with E-state index in [1.165, 1.54) is 42.6 Å². The largest absolute Gasteiger partial charge is 0.172 e. The highest BCUT2D eigenvalue weighted by atomic mass is 32.1. The Morgan fingerprint density at radius 2 is 1.21 bits per heavy atom. The topological polar surface area (TPSA) is 50.5 Å². The molecule has 0 bridgehead atoms. The van der Waals surface area contributed by atoms with Crippen LogP contribution in [0.15, 0.2) is 33.0 Å². The maximum Gasteiger partial charge on any atom is 0.116 e. The molecule has 4 heterocycles. The summed E-state index contributed by atoms with van der Waals surface area (Å²) in [6, 6.07) is 8.55. The molecule has 118 valence electrons. The second kappa shape index (κ2) is 5.38. The van der Waals surface area contributed by atoms with E-state index in [1.807, 2.05) is 0 Å². The number of fused-ring (bicyclic) bond motifs is 2. The van der Waals surface area contributed by atoms with Crippen LogP contribution in [0.25, 0.3) is 31.9 Å². The number of benzene rings is 1. The predicted molar refractivity (Wildman–Crippen MR) is 105 cm³/mol. The maximum absolute atomic E-state index is 4.61. The fourth-order valence-electron chi connectivity index (χ4n) is 2.86. The molecule has 4 aromatic rings. The Morgan fingerprint density at radius 3 is 1.62 bits per heavy atom. The summed E-state index contributed by atoms with van der Waals surface area (Å²) in [6.45, 7) is 4.23. The molecule has 0 fully saturated rings. The normalized spacial score (nSPS) is 12.8. The Labute approximate surface area is 154 Å². The van der Waals surface area contributed by atoms with E-state index in [0.29, 0.717) is 0 Å². The zero-order chi connectivity index (χ0) is 16.3. The van der Waals surface area contributed by atoms with Gasteiger partial charge >= 0.3 is 0 Å². The van der Waals surface area contributed by atoms with Gasteiger partial charge in [-0.2, -0.15) is 17.5 Å². The number of hydrogen-bond acceptors (Lipinski definition) is 7. The van der Waals surface area contributed by atoms with E-state index >= 15 is 0 Å². The molecule has 0 atom stereocenters. The molecule has 0 unspecified atom stereocenters. The third-order valence-corrected chi connectivity index (χ3v) is 6.99. The van der Waals surface area contributed by atoms with E-state index in [-0.39, 0.29) is 0 Å². The van der Waals surface area contributed by atoms with Gasteiger partial charge in [0.2, 0.25) is 0 Å². The second-order valence-electron chi connectivity index (χ2n) is 5.49. The SMILES string of the molecule is Cc1ccc(-c2c3c(c(-c4ccc(C)s4)c4nsnc24)N=S=N3)s1. The molecule has 0 saturated heterocycles. The summed E-state index contributed by atoms with van der Waals surface area (Å²) in [5.41, 5.74) is 5.87. The van der Waals surface area contributed by atoms with Crippen LogP contribution in [0.1, 0.15) is 9.75 Å². The van der Waals surface area contributed by atoms with Crippen LogP contribution in [0.2, 0.25) is 0 Å². The van der Waals surface area contributed by atoms with E-state index in [9.17, 15) is 0 Å². The van der Waals surface area contributed by atoms with Crippen LogP contribution >= 0.6 is 34.4 Å². The highest BCUT2D eigenvalue weighted by Crippen LogP contribution is 2.53. The van der Waals surface area contributed by atoms with Gasteiger partial charge < -0.3 is 0 Å². The van der Waals surface area contributed by atoms with Crippen molar-refractivity contribution in [2.24, 2.45) is 8.73 Å². The van der Waals surface area contributed by atoms with Crippen molar-refractivity contribution >= 4 is 68.2 Å². The van der Waals surface area contributed by atoms with Gasteiger partial charge in [-0.25, -0.2) is 0 Å². The molecule has 0 spiro atoms. The maximum atomic E-state index is 4.61. The summed E-state index contributed by atoms with van der Waals surface area (Å²) in [5.74, 6) is 0. The standard InChI is InChI=1S/C16H10N4S4/c1-7-3-5-9(21-7)11-13-15(19-23-17-13)12(10-6-4-8(2)22-10)16-14(11)18-24-20-16/h3-6H,1-2H3. The Kier molecular flexibility index (Phi) is 3.27. The first kappa shape index (κ1) is 14.6. The van der Waals surface area contributed by atoms with Crippen molar-refractivity contribution in [1.82, 2.24) is 8.75 Å². The number of nitrogens with zero attached hydrogens (tertiary/aromatic N) is 4. The van der Waals surface area contributed by atoms with Gasteiger partial charge in [0, 0.05) is 30.6 Å². The van der Waals surface area contributed by atoms with Crippen molar-refractivity contribution in [3.05, 3.63) is 34.0 Å². The van der Waals surface area contributed by atoms with Crippen LogP contribution in [-0.2, 0) is 11.4 Å². The van der Waals surface area contributed by atoms with Gasteiger partial charge in [0.1, 0.15) is 22.4 Å². The van der Waals surface area contributed by atoms with Gasteiger partial charge in [0.25, 0.3) is 0 Å². The summed E-state index contributed by atoms with van der Waals surface area (Å²) in [6.07, 6.45) is 0. The molecular weight excluding hydrogens is 376 g/mol. The van der Waals surface area contributed by atoms with Gasteiger partial charge in [-0.3, -0.25) is 0 Å². The number of rotatable bonds is 2. The number of aromatic nitrogens is 2. The van der Waals surface area contributed by atoms with Crippen LogP contribution in [0, 0.1) is 13.8 Å². The zero-order valence-corrected chi connectivity index (χ0v) is 16.0. The molecule has 0 saturated carbocycles. The van der Waals surface area contributed by atoms with E-state index in [1.54, 1.807) is 22.7 Å². The molecule has 5 rings (SSSR count). The molecule has 0 N–H and O–H groups in total. The summed E-state index contributed by atoms with van der Waals surface area (Å²) in [4.78, 5) is 4.90. The third kappa shape index (κ3) is 2.07. The predicted octanol–water partition coefficient (Wildman–Crippen LogP) is 6.49. The lowest BCUT2D eigenvalue weighted by Crippen LogP contribution is -1.84. The molecule has 3 aromatic heterocycles. The Morgan fingerprint density at radius 1 is 0.708 bits per heavy atom. The van der Waals surface area contributed by atoms with Crippen molar-refractivity contribution in [2.45, 2.75) is 13.8 Å². The van der Waals surface area contributed by atoms with E-state index in [0.717, 1.165) is 33.5 Å². The van der Waals surface area contributed by atoms with E-state index in [2.05, 4.69) is 55.6 Å². The minimum Gasteiger partial charge on any atom is -0.172 e. The molecule has 1 aliphatic heterocycles. The van der Waals surface area contributed by atoms with Crippen LogP contribution in [-0.4, -0.2) is 8.75 Å². The molecule has 24 heavy (non-hydrogen) atoms. The molecule has 4 nitrogen and oxygen atoms in total. The minimum atomic E-state index is 0.933. The van der Waals surface area contributed by atoms with E-state index < -0.39 is 0 Å². The van der Waals surface area contributed by atoms with Crippen LogP contribution in [0.3, 0.4) is 0 Å². The molecule has 8 heteroatoms. The molecular formula is C16H10N4S4. The highest BCUT2D eigenvalue weighted by molar-refractivity contribution is 7.58. The van der Waals surface area contributed by atoms with Crippen LogP contribution < -0.4 is 0 Å². The average molecular weight is 387 g/mol. The van der Waals surface area contributed by atoms with Gasteiger partial charge in [0.05, 0.1) is 23.1 Å². The lowest BCUT2D eigenvalue weighted by atomic mass is 10.0. The Hall–Kier alpha value is -1.74. The van der Waals surface area contributed by atoms with Crippen molar-refractivity contribution in [1.29, 1.82) is 0 Å². The molecule has 0 amide bonds. The molecule has 1 aliphatic rings. The van der Waals surface area contributed by atoms with Gasteiger partial charge in [-0.1, -0.05) is 0 Å². The van der Waals surface area contributed by atoms with Crippen molar-refractivity contribution in [2.75, 3.05) is 0 Å². The average Bonchev–Trinajstić information content (AvgIpc) is 3.31. The fraction of sp³-hybridized carbons (Fsp3) is 0.125. The zero-order valence-electron chi connectivity index (χ0n) is 12.7. The van der Waals surface area contributed by atoms with Crippen LogP contribution in [0.4, 0.5) is 11.4 Å².